The van der Waals surface area contributed by atoms with Crippen LogP contribution in [0, 0.1) is 5.82 Å². The summed E-state index contributed by atoms with van der Waals surface area (Å²) in [6.45, 7) is -0.231. The predicted molar refractivity (Wildman–Crippen MR) is 86.8 cm³/mol. The molecule has 0 aliphatic heterocycles. The van der Waals surface area contributed by atoms with Crippen LogP contribution in [0.2, 0.25) is 0 Å². The number of nitrogens with one attached hydrogen (secondary N) is 1. The molecule has 3 aromatic rings. The minimum absolute atomic E-state index is 0.0775. The van der Waals surface area contributed by atoms with E-state index in [0.717, 1.165) is 4.88 Å². The number of anilines is 1. The molecule has 23 heavy (non-hydrogen) atoms. The van der Waals surface area contributed by atoms with E-state index in [0.29, 0.717) is 5.69 Å². The molecule has 0 radical (unpaired) electrons. The Kier molecular flexibility index (Phi) is 4.29. The van der Waals surface area contributed by atoms with Crippen LogP contribution in [0.3, 0.4) is 0 Å². The SMILES string of the molecule is O=C(Cn1cnc(-c2cccs2)cc1=O)Nc1ccccc1F. The van der Waals surface area contributed by atoms with Crippen molar-refractivity contribution in [3.63, 3.8) is 0 Å². The second-order valence-electron chi connectivity index (χ2n) is 4.75. The smallest absolute Gasteiger partial charge is 0.254 e. The molecular weight excluding hydrogens is 317 g/mol. The zero-order chi connectivity index (χ0) is 16.2. The molecule has 0 aliphatic carbocycles. The Labute approximate surface area is 135 Å². The molecule has 3 rings (SSSR count). The lowest BCUT2D eigenvalue weighted by atomic mass is 10.3. The van der Waals surface area contributed by atoms with Gasteiger partial charge >= 0.3 is 0 Å². The van der Waals surface area contributed by atoms with E-state index in [-0.39, 0.29) is 17.8 Å². The topological polar surface area (TPSA) is 64.0 Å². The highest BCUT2D eigenvalue weighted by molar-refractivity contribution is 7.13. The highest BCUT2D eigenvalue weighted by Crippen LogP contribution is 2.20. The summed E-state index contributed by atoms with van der Waals surface area (Å²) in [7, 11) is 0. The number of nitrogens with zero attached hydrogens (tertiary/aromatic N) is 2. The Morgan fingerprint density at radius 2 is 2.09 bits per heavy atom. The van der Waals surface area contributed by atoms with E-state index in [1.165, 1.54) is 46.5 Å². The number of thiophene rings is 1. The van der Waals surface area contributed by atoms with Gasteiger partial charge in [-0.1, -0.05) is 18.2 Å². The lowest BCUT2D eigenvalue weighted by Gasteiger charge is -2.08. The van der Waals surface area contributed by atoms with Crippen LogP contribution < -0.4 is 10.9 Å². The maximum Gasteiger partial charge on any atom is 0.254 e. The van der Waals surface area contributed by atoms with Crippen molar-refractivity contribution in [1.29, 1.82) is 0 Å². The maximum absolute atomic E-state index is 13.5. The number of rotatable bonds is 4. The van der Waals surface area contributed by atoms with Crippen molar-refractivity contribution >= 4 is 22.9 Å². The van der Waals surface area contributed by atoms with Gasteiger partial charge in [0.25, 0.3) is 5.56 Å². The fraction of sp³-hybridized carbons (Fsp3) is 0.0625. The number of carbonyl (C=O) groups is 1. The van der Waals surface area contributed by atoms with E-state index in [2.05, 4.69) is 10.3 Å². The highest BCUT2D eigenvalue weighted by Gasteiger charge is 2.09. The Morgan fingerprint density at radius 1 is 1.26 bits per heavy atom. The first-order chi connectivity index (χ1) is 11.1. The van der Waals surface area contributed by atoms with Gasteiger partial charge in [0.05, 0.1) is 22.6 Å². The molecule has 0 atom stereocenters. The third-order valence-electron chi connectivity index (χ3n) is 3.11. The number of para-hydroxylation sites is 1. The summed E-state index contributed by atoms with van der Waals surface area (Å²) in [6, 6.07) is 11.0. The Morgan fingerprint density at radius 3 is 2.78 bits per heavy atom. The summed E-state index contributed by atoms with van der Waals surface area (Å²) in [5.74, 6) is -1.03. The van der Waals surface area contributed by atoms with E-state index in [9.17, 15) is 14.0 Å². The lowest BCUT2D eigenvalue weighted by Crippen LogP contribution is -2.27. The zero-order valence-corrected chi connectivity index (χ0v) is 12.7. The van der Waals surface area contributed by atoms with Crippen molar-refractivity contribution in [2.45, 2.75) is 6.54 Å². The molecule has 0 saturated heterocycles. The Bertz CT molecular complexity index is 890. The second kappa shape index (κ2) is 6.53. The summed E-state index contributed by atoms with van der Waals surface area (Å²) in [5, 5.41) is 4.32. The molecule has 0 saturated carbocycles. The normalized spacial score (nSPS) is 10.5. The standard InChI is InChI=1S/C16H12FN3O2S/c17-11-4-1-2-5-12(11)19-15(21)9-20-10-18-13(8-16(20)22)14-6-3-7-23-14/h1-8,10H,9H2,(H,19,21). The molecule has 1 aromatic carbocycles. The van der Waals surface area contributed by atoms with Gasteiger partial charge in [0.1, 0.15) is 12.4 Å². The van der Waals surface area contributed by atoms with Crippen LogP contribution in [0.15, 0.2) is 59.0 Å². The van der Waals surface area contributed by atoms with Crippen LogP contribution in [0.25, 0.3) is 10.6 Å². The molecule has 116 valence electrons. The van der Waals surface area contributed by atoms with Crippen LogP contribution in [0.4, 0.5) is 10.1 Å². The fourth-order valence-corrected chi connectivity index (χ4v) is 2.70. The molecule has 5 nitrogen and oxygen atoms in total. The van der Waals surface area contributed by atoms with Gasteiger partial charge in [-0.2, -0.15) is 0 Å². The van der Waals surface area contributed by atoms with Gasteiger partial charge in [-0.15, -0.1) is 11.3 Å². The minimum Gasteiger partial charge on any atom is -0.322 e. The van der Waals surface area contributed by atoms with E-state index < -0.39 is 11.7 Å². The highest BCUT2D eigenvalue weighted by atomic mass is 32.1. The Hall–Kier alpha value is -2.80. The van der Waals surface area contributed by atoms with Crippen LogP contribution in [-0.4, -0.2) is 15.5 Å². The molecule has 0 spiro atoms. The minimum atomic E-state index is -0.528. The zero-order valence-electron chi connectivity index (χ0n) is 11.9. The molecule has 0 unspecified atom stereocenters. The number of benzene rings is 1. The molecule has 0 fully saturated rings. The van der Waals surface area contributed by atoms with Crippen LogP contribution in [-0.2, 0) is 11.3 Å². The van der Waals surface area contributed by atoms with Crippen molar-refractivity contribution < 1.29 is 9.18 Å². The molecule has 2 heterocycles. The molecule has 2 aromatic heterocycles. The first-order valence-corrected chi connectivity index (χ1v) is 7.66. The molecule has 0 bridgehead atoms. The van der Waals surface area contributed by atoms with Crippen molar-refractivity contribution in [1.82, 2.24) is 9.55 Å². The van der Waals surface area contributed by atoms with Crippen molar-refractivity contribution in [3.8, 4) is 10.6 Å². The number of amides is 1. The van der Waals surface area contributed by atoms with Crippen LogP contribution >= 0.6 is 11.3 Å². The molecule has 1 amide bonds. The number of carbonyl (C=O) groups excluding carboxylic acids is 1. The average molecular weight is 329 g/mol. The maximum atomic E-state index is 13.5. The Balaban J connectivity index is 1.74. The largest absolute Gasteiger partial charge is 0.322 e. The first kappa shape index (κ1) is 15.1. The van der Waals surface area contributed by atoms with Gasteiger partial charge in [-0.05, 0) is 23.6 Å². The van der Waals surface area contributed by atoms with Gasteiger partial charge < -0.3 is 5.32 Å². The van der Waals surface area contributed by atoms with Crippen molar-refractivity contribution in [2.75, 3.05) is 5.32 Å². The fourth-order valence-electron chi connectivity index (χ4n) is 2.01. The number of hydrogen-bond donors (Lipinski definition) is 1. The van der Waals surface area contributed by atoms with E-state index in [4.69, 9.17) is 0 Å². The molecular formula is C16H12FN3O2S. The molecule has 7 heteroatoms. The van der Waals surface area contributed by atoms with E-state index >= 15 is 0 Å². The van der Waals surface area contributed by atoms with E-state index in [1.807, 2.05) is 17.5 Å². The third kappa shape index (κ3) is 3.51. The first-order valence-electron chi connectivity index (χ1n) is 6.78. The van der Waals surface area contributed by atoms with Gasteiger partial charge in [0.2, 0.25) is 5.91 Å². The molecule has 1 N–H and O–H groups in total. The van der Waals surface area contributed by atoms with Crippen LogP contribution in [0.1, 0.15) is 0 Å². The summed E-state index contributed by atoms with van der Waals surface area (Å²) in [5.41, 5.74) is 0.302. The number of aromatic nitrogens is 2. The summed E-state index contributed by atoms with van der Waals surface area (Å²) in [6.07, 6.45) is 1.32. The predicted octanol–water partition coefficient (Wildman–Crippen LogP) is 2.75. The quantitative estimate of drug-likeness (QED) is 0.800. The van der Waals surface area contributed by atoms with Crippen molar-refractivity contribution in [3.05, 3.63) is 70.3 Å². The van der Waals surface area contributed by atoms with Gasteiger partial charge in [-0.25, -0.2) is 9.37 Å². The lowest BCUT2D eigenvalue weighted by molar-refractivity contribution is -0.116. The molecule has 0 aliphatic rings. The summed E-state index contributed by atoms with van der Waals surface area (Å²) < 4.78 is 14.7. The van der Waals surface area contributed by atoms with Crippen LogP contribution in [0.5, 0.6) is 0 Å². The average Bonchev–Trinajstić information content (AvgIpc) is 3.06. The summed E-state index contributed by atoms with van der Waals surface area (Å²) >= 11 is 1.48. The number of halogens is 1. The monoisotopic (exact) mass is 329 g/mol. The van der Waals surface area contributed by atoms with E-state index in [1.54, 1.807) is 6.07 Å². The van der Waals surface area contributed by atoms with Gasteiger partial charge in [0.15, 0.2) is 0 Å². The van der Waals surface area contributed by atoms with Gasteiger partial charge in [0, 0.05) is 6.07 Å². The van der Waals surface area contributed by atoms with Gasteiger partial charge in [-0.3, -0.25) is 14.2 Å². The second-order valence-corrected chi connectivity index (χ2v) is 5.69. The van der Waals surface area contributed by atoms with Crippen molar-refractivity contribution in [2.24, 2.45) is 0 Å². The third-order valence-corrected chi connectivity index (χ3v) is 4.01. The summed E-state index contributed by atoms with van der Waals surface area (Å²) in [4.78, 5) is 29.1. The number of hydrogen-bond acceptors (Lipinski definition) is 4.